The van der Waals surface area contributed by atoms with Gasteiger partial charge in [-0.25, -0.2) is 31.1 Å². The average Bonchev–Trinajstić information content (AvgIpc) is 2.85. The number of carbonyl (C=O) groups excluding carboxylic acids is 2. The lowest BCUT2D eigenvalue weighted by Gasteiger charge is -2.11. The summed E-state index contributed by atoms with van der Waals surface area (Å²) in [5.74, 6) is -0.706. The molecule has 204 valence electrons. The summed E-state index contributed by atoms with van der Waals surface area (Å²) < 4.78 is 55.0. The van der Waals surface area contributed by atoms with Crippen LogP contribution in [-0.4, -0.2) is 46.9 Å². The third kappa shape index (κ3) is 10.9. The maximum Gasteiger partial charge on any atom is 0.340 e. The van der Waals surface area contributed by atoms with E-state index < -0.39 is 31.9 Å². The second-order valence-corrected chi connectivity index (χ2v) is 12.9. The summed E-state index contributed by atoms with van der Waals surface area (Å²) in [5.41, 5.74) is 1.31. The molecule has 2 amide bonds. The summed E-state index contributed by atoms with van der Waals surface area (Å²) >= 11 is 0. The predicted octanol–water partition coefficient (Wildman–Crippen LogP) is 4.83. The van der Waals surface area contributed by atoms with Gasteiger partial charge in [-0.05, 0) is 51.0 Å². The van der Waals surface area contributed by atoms with Crippen molar-refractivity contribution in [3.05, 3.63) is 59.7 Å². The van der Waals surface area contributed by atoms with E-state index in [9.17, 15) is 26.4 Å². The SMILES string of the molecule is CCS(=O)(=O)NC(=O)Nc1ccccc1C(=O)OCCCCCCCCCS(=O)(=O)c1ccc(C)cc1. The predicted molar refractivity (Wildman–Crippen MR) is 144 cm³/mol. The molecule has 9 nitrogen and oxygen atoms in total. The van der Waals surface area contributed by atoms with E-state index in [1.165, 1.54) is 19.1 Å². The zero-order valence-electron chi connectivity index (χ0n) is 21.4. The van der Waals surface area contributed by atoms with Crippen molar-refractivity contribution in [2.45, 2.75) is 63.7 Å². The lowest BCUT2D eigenvalue weighted by atomic mass is 10.1. The highest BCUT2D eigenvalue weighted by molar-refractivity contribution is 7.91. The van der Waals surface area contributed by atoms with Crippen LogP contribution >= 0.6 is 0 Å². The number of anilines is 1. The van der Waals surface area contributed by atoms with E-state index in [4.69, 9.17) is 4.74 Å². The molecule has 37 heavy (non-hydrogen) atoms. The molecule has 0 saturated carbocycles. The van der Waals surface area contributed by atoms with Crippen molar-refractivity contribution >= 4 is 37.5 Å². The Morgan fingerprint density at radius 1 is 0.811 bits per heavy atom. The number of hydrogen-bond donors (Lipinski definition) is 2. The summed E-state index contributed by atoms with van der Waals surface area (Å²) in [6, 6.07) is 12.2. The lowest BCUT2D eigenvalue weighted by Crippen LogP contribution is -2.35. The van der Waals surface area contributed by atoms with Gasteiger partial charge in [0.05, 0.1) is 34.3 Å². The molecule has 0 atom stereocenters. The van der Waals surface area contributed by atoms with E-state index in [2.05, 4.69) is 5.32 Å². The molecule has 0 aliphatic carbocycles. The highest BCUT2D eigenvalue weighted by Gasteiger charge is 2.17. The highest BCUT2D eigenvalue weighted by Crippen LogP contribution is 2.17. The smallest absolute Gasteiger partial charge is 0.340 e. The fourth-order valence-electron chi connectivity index (χ4n) is 3.52. The molecule has 2 rings (SSSR count). The molecule has 0 radical (unpaired) electrons. The van der Waals surface area contributed by atoms with Crippen LogP contribution in [0, 0.1) is 6.92 Å². The zero-order valence-corrected chi connectivity index (χ0v) is 23.0. The van der Waals surface area contributed by atoms with Crippen LogP contribution in [0.25, 0.3) is 0 Å². The molecular weight excluding hydrogens is 516 g/mol. The molecule has 11 heteroatoms. The molecular formula is C26H36N2O7S2. The largest absolute Gasteiger partial charge is 0.462 e. The van der Waals surface area contributed by atoms with Crippen molar-refractivity contribution in [1.29, 1.82) is 0 Å². The van der Waals surface area contributed by atoms with Crippen LogP contribution in [0.1, 0.15) is 67.8 Å². The van der Waals surface area contributed by atoms with Gasteiger partial charge in [-0.3, -0.25) is 0 Å². The van der Waals surface area contributed by atoms with Crippen LogP contribution in [0.2, 0.25) is 0 Å². The van der Waals surface area contributed by atoms with Gasteiger partial charge in [0.2, 0.25) is 10.0 Å². The number of amides is 2. The third-order valence-corrected chi connectivity index (χ3v) is 8.77. The number of sulfonamides is 1. The molecule has 2 aromatic carbocycles. The number of benzene rings is 2. The van der Waals surface area contributed by atoms with Gasteiger partial charge in [-0.2, -0.15) is 0 Å². The molecule has 0 unspecified atom stereocenters. The number of esters is 1. The Balaban J connectivity index is 1.62. The summed E-state index contributed by atoms with van der Waals surface area (Å²) in [5, 5.41) is 2.37. The first kappa shape index (κ1) is 30.3. The van der Waals surface area contributed by atoms with Crippen molar-refractivity contribution in [2.75, 3.05) is 23.4 Å². The second-order valence-electron chi connectivity index (χ2n) is 8.75. The lowest BCUT2D eigenvalue weighted by molar-refractivity contribution is 0.0499. The quantitative estimate of drug-likeness (QED) is 0.239. The van der Waals surface area contributed by atoms with Gasteiger partial charge in [0.25, 0.3) is 0 Å². The van der Waals surface area contributed by atoms with Crippen molar-refractivity contribution in [1.82, 2.24) is 4.72 Å². The Morgan fingerprint density at radius 2 is 1.41 bits per heavy atom. The van der Waals surface area contributed by atoms with Gasteiger partial charge in [0, 0.05) is 0 Å². The third-order valence-electron chi connectivity index (χ3n) is 5.69. The molecule has 0 fully saturated rings. The van der Waals surface area contributed by atoms with E-state index in [0.717, 1.165) is 37.7 Å². The van der Waals surface area contributed by atoms with Gasteiger partial charge in [-0.1, -0.05) is 61.9 Å². The molecule has 2 N–H and O–H groups in total. The summed E-state index contributed by atoms with van der Waals surface area (Å²) in [6.45, 7) is 3.55. The van der Waals surface area contributed by atoms with E-state index in [0.29, 0.717) is 17.7 Å². The Hall–Kier alpha value is -2.92. The fourth-order valence-corrected chi connectivity index (χ4v) is 5.36. The van der Waals surface area contributed by atoms with E-state index >= 15 is 0 Å². The number of carbonyl (C=O) groups is 2. The van der Waals surface area contributed by atoms with Gasteiger partial charge in [0.1, 0.15) is 0 Å². The fraction of sp³-hybridized carbons (Fsp3) is 0.462. The van der Waals surface area contributed by atoms with Crippen LogP contribution in [0.4, 0.5) is 10.5 Å². The molecule has 0 aliphatic rings. The summed E-state index contributed by atoms with van der Waals surface area (Å²) in [7, 11) is -6.96. The number of aryl methyl sites for hydroxylation is 1. The molecule has 0 spiro atoms. The molecule has 0 heterocycles. The van der Waals surface area contributed by atoms with Crippen LogP contribution < -0.4 is 10.0 Å². The standard InChI is InChI=1S/C26H36N2O7S2/c1-3-37(33,34)28-26(30)27-24-14-10-9-13-23(24)25(29)35-19-11-7-5-4-6-8-12-20-36(31,32)22-17-15-21(2)16-18-22/h9-10,13-18H,3-8,11-12,19-20H2,1-2H3,(H2,27,28,30). The Bertz CT molecular complexity index is 1240. The number of ether oxygens (including phenoxy) is 1. The first-order valence-corrected chi connectivity index (χ1v) is 15.7. The average molecular weight is 553 g/mol. The maximum absolute atomic E-state index is 12.4. The Morgan fingerprint density at radius 3 is 2.05 bits per heavy atom. The van der Waals surface area contributed by atoms with E-state index in [1.807, 2.05) is 11.6 Å². The minimum atomic E-state index is -3.73. The molecule has 2 aromatic rings. The van der Waals surface area contributed by atoms with Crippen LogP contribution in [0.5, 0.6) is 0 Å². The first-order valence-electron chi connectivity index (χ1n) is 12.4. The van der Waals surface area contributed by atoms with Crippen LogP contribution in [0.3, 0.4) is 0 Å². The van der Waals surface area contributed by atoms with Crippen molar-refractivity contribution in [3.8, 4) is 0 Å². The second kappa shape index (κ2) is 14.7. The monoisotopic (exact) mass is 552 g/mol. The van der Waals surface area contributed by atoms with Gasteiger partial charge < -0.3 is 10.1 Å². The molecule has 0 aliphatic heterocycles. The van der Waals surface area contributed by atoms with Crippen molar-refractivity contribution in [2.24, 2.45) is 0 Å². The first-order chi connectivity index (χ1) is 17.5. The number of nitrogens with one attached hydrogen (secondary N) is 2. The van der Waals surface area contributed by atoms with Gasteiger partial charge in [0.15, 0.2) is 9.84 Å². The number of rotatable bonds is 15. The van der Waals surface area contributed by atoms with E-state index in [1.54, 1.807) is 36.4 Å². The zero-order chi connectivity index (χ0) is 27.3. The van der Waals surface area contributed by atoms with E-state index in [-0.39, 0.29) is 29.4 Å². The van der Waals surface area contributed by atoms with Crippen LogP contribution in [0.15, 0.2) is 53.4 Å². The van der Waals surface area contributed by atoms with Crippen molar-refractivity contribution < 1.29 is 31.2 Å². The maximum atomic E-state index is 12.4. The minimum Gasteiger partial charge on any atom is -0.462 e. The summed E-state index contributed by atoms with van der Waals surface area (Å²) in [4.78, 5) is 24.7. The minimum absolute atomic E-state index is 0.132. The number of hydrogen-bond acceptors (Lipinski definition) is 7. The van der Waals surface area contributed by atoms with Gasteiger partial charge in [-0.15, -0.1) is 0 Å². The van der Waals surface area contributed by atoms with Gasteiger partial charge >= 0.3 is 12.0 Å². The normalized spacial score (nSPS) is 11.6. The summed E-state index contributed by atoms with van der Waals surface area (Å²) in [6.07, 6.45) is 5.89. The molecule has 0 aromatic heterocycles. The molecule has 0 saturated heterocycles. The molecule has 0 bridgehead atoms. The number of para-hydroxylation sites is 1. The number of unbranched alkanes of at least 4 members (excludes halogenated alkanes) is 6. The van der Waals surface area contributed by atoms with Crippen molar-refractivity contribution in [3.63, 3.8) is 0 Å². The van der Waals surface area contributed by atoms with Crippen LogP contribution in [-0.2, 0) is 24.6 Å². The Labute approximate surface area is 220 Å². The number of sulfone groups is 1. The number of urea groups is 1. The Kier molecular flexibility index (Phi) is 12.1. The highest BCUT2D eigenvalue weighted by atomic mass is 32.2. The topological polar surface area (TPSA) is 136 Å².